The van der Waals surface area contributed by atoms with Crippen LogP contribution in [0.25, 0.3) is 6.08 Å². The third-order valence-corrected chi connectivity index (χ3v) is 6.89. The van der Waals surface area contributed by atoms with Crippen molar-refractivity contribution in [3.8, 4) is 11.5 Å². The first-order chi connectivity index (χ1) is 20.4. The highest BCUT2D eigenvalue weighted by atomic mass is 32.2. The molecule has 0 bridgehead atoms. The van der Waals surface area contributed by atoms with Crippen LogP contribution in [-0.2, 0) is 9.59 Å². The van der Waals surface area contributed by atoms with Crippen molar-refractivity contribution in [3.63, 3.8) is 0 Å². The number of anilines is 2. The SMILES string of the molecule is CCOc1ccccc1NC(=O)CSc1ccc(NC(=O)/C(=C/c2cccc(OC)c2)NC(=O)c2ccccc2)cc1. The molecule has 0 aliphatic carbocycles. The normalized spacial score (nSPS) is 10.9. The molecule has 0 aromatic heterocycles. The van der Waals surface area contributed by atoms with E-state index >= 15 is 0 Å². The van der Waals surface area contributed by atoms with E-state index in [1.165, 1.54) is 11.8 Å². The largest absolute Gasteiger partial charge is 0.497 e. The molecule has 4 rings (SSSR count). The van der Waals surface area contributed by atoms with Gasteiger partial charge >= 0.3 is 0 Å². The van der Waals surface area contributed by atoms with Gasteiger partial charge in [0.1, 0.15) is 17.2 Å². The van der Waals surface area contributed by atoms with Crippen molar-refractivity contribution in [2.24, 2.45) is 0 Å². The highest BCUT2D eigenvalue weighted by Crippen LogP contribution is 2.25. The van der Waals surface area contributed by atoms with Crippen LogP contribution in [0.5, 0.6) is 11.5 Å². The van der Waals surface area contributed by atoms with E-state index in [4.69, 9.17) is 9.47 Å². The maximum atomic E-state index is 13.3. The van der Waals surface area contributed by atoms with Crippen LogP contribution >= 0.6 is 11.8 Å². The molecule has 3 N–H and O–H groups in total. The Morgan fingerprint density at radius 3 is 2.31 bits per heavy atom. The molecule has 8 nitrogen and oxygen atoms in total. The van der Waals surface area contributed by atoms with Crippen molar-refractivity contribution in [1.82, 2.24) is 5.32 Å². The summed E-state index contributed by atoms with van der Waals surface area (Å²) in [6.07, 6.45) is 1.59. The van der Waals surface area contributed by atoms with Crippen LogP contribution in [0.2, 0.25) is 0 Å². The maximum absolute atomic E-state index is 13.3. The summed E-state index contributed by atoms with van der Waals surface area (Å²) < 4.78 is 10.8. The number of carbonyl (C=O) groups is 3. The number of nitrogens with one attached hydrogen (secondary N) is 3. The molecule has 0 spiro atoms. The molecule has 0 heterocycles. The topological polar surface area (TPSA) is 106 Å². The predicted octanol–water partition coefficient (Wildman–Crippen LogP) is 6.23. The van der Waals surface area contributed by atoms with Crippen molar-refractivity contribution >= 4 is 46.9 Å². The summed E-state index contributed by atoms with van der Waals surface area (Å²) in [5.41, 5.74) is 2.33. The molecule has 0 radical (unpaired) electrons. The van der Waals surface area contributed by atoms with Crippen LogP contribution in [0.3, 0.4) is 0 Å². The quantitative estimate of drug-likeness (QED) is 0.135. The Hall–Kier alpha value is -5.02. The molecule has 9 heteroatoms. The number of methoxy groups -OCH3 is 1. The summed E-state index contributed by atoms with van der Waals surface area (Å²) in [5, 5.41) is 8.44. The number of amides is 3. The van der Waals surface area contributed by atoms with Gasteiger partial charge in [-0.2, -0.15) is 0 Å². The van der Waals surface area contributed by atoms with Crippen LogP contribution < -0.4 is 25.4 Å². The minimum absolute atomic E-state index is 0.0690. The van der Waals surface area contributed by atoms with Crippen LogP contribution in [0.1, 0.15) is 22.8 Å². The van der Waals surface area contributed by atoms with Gasteiger partial charge in [-0.05, 0) is 79.2 Å². The van der Waals surface area contributed by atoms with Crippen molar-refractivity contribution in [2.45, 2.75) is 11.8 Å². The number of benzene rings is 4. The van der Waals surface area contributed by atoms with Crippen molar-refractivity contribution in [1.29, 1.82) is 0 Å². The molecular weight excluding hydrogens is 550 g/mol. The second-order valence-corrected chi connectivity index (χ2v) is 9.95. The van der Waals surface area contributed by atoms with Gasteiger partial charge in [-0.15, -0.1) is 11.8 Å². The minimum atomic E-state index is -0.491. The fourth-order valence-electron chi connectivity index (χ4n) is 3.86. The monoisotopic (exact) mass is 581 g/mol. The van der Waals surface area contributed by atoms with E-state index in [0.29, 0.717) is 40.6 Å². The van der Waals surface area contributed by atoms with E-state index in [0.717, 1.165) is 4.90 Å². The molecule has 4 aromatic carbocycles. The lowest BCUT2D eigenvalue weighted by Crippen LogP contribution is -2.30. The Balaban J connectivity index is 1.41. The van der Waals surface area contributed by atoms with Crippen LogP contribution in [-0.4, -0.2) is 37.2 Å². The van der Waals surface area contributed by atoms with Crippen molar-refractivity contribution in [3.05, 3.63) is 120 Å². The second-order valence-electron chi connectivity index (χ2n) is 8.90. The lowest BCUT2D eigenvalue weighted by molar-refractivity contribution is -0.114. The number of rotatable bonds is 12. The zero-order valence-corrected chi connectivity index (χ0v) is 24.1. The standard InChI is InChI=1S/C33H31N3O5S/c1-3-41-30-15-8-7-14-28(30)35-31(37)22-42-27-18-16-25(17-19-27)34-33(39)29(21-23-10-9-13-26(20-23)40-2)36-32(38)24-11-5-4-6-12-24/h4-21H,3,22H2,1-2H3,(H,34,39)(H,35,37)(H,36,38)/b29-21-. The summed E-state index contributed by atoms with van der Waals surface area (Å²) in [6.45, 7) is 2.39. The lowest BCUT2D eigenvalue weighted by Gasteiger charge is -2.12. The van der Waals surface area contributed by atoms with Gasteiger partial charge in [0.2, 0.25) is 5.91 Å². The Bertz CT molecular complexity index is 1560. The fraction of sp³-hybridized carbons (Fsp3) is 0.121. The smallest absolute Gasteiger partial charge is 0.272 e. The summed E-state index contributed by atoms with van der Waals surface area (Å²) in [4.78, 5) is 39.5. The summed E-state index contributed by atoms with van der Waals surface area (Å²) in [7, 11) is 1.56. The van der Waals surface area contributed by atoms with E-state index in [-0.39, 0.29) is 17.4 Å². The average molecular weight is 582 g/mol. The molecule has 214 valence electrons. The summed E-state index contributed by atoms with van der Waals surface area (Å²) >= 11 is 1.37. The molecule has 0 saturated carbocycles. The Kier molecular flexibility index (Phi) is 10.8. The first-order valence-electron chi connectivity index (χ1n) is 13.2. The van der Waals surface area contributed by atoms with Gasteiger partial charge in [-0.25, -0.2) is 0 Å². The number of carbonyl (C=O) groups excluding carboxylic acids is 3. The number of hydrogen-bond donors (Lipinski definition) is 3. The molecule has 0 fully saturated rings. The number of hydrogen-bond acceptors (Lipinski definition) is 6. The van der Waals surface area contributed by atoms with E-state index in [9.17, 15) is 14.4 Å². The first kappa shape index (κ1) is 30.0. The zero-order chi connectivity index (χ0) is 29.7. The summed E-state index contributed by atoms with van der Waals surface area (Å²) in [5.74, 6) is 0.386. The minimum Gasteiger partial charge on any atom is -0.497 e. The Morgan fingerprint density at radius 2 is 1.57 bits per heavy atom. The molecular formula is C33H31N3O5S. The van der Waals surface area contributed by atoms with Gasteiger partial charge < -0.3 is 25.4 Å². The van der Waals surface area contributed by atoms with Gasteiger partial charge in [0, 0.05) is 16.1 Å². The molecule has 4 aromatic rings. The predicted molar refractivity (Wildman–Crippen MR) is 167 cm³/mol. The number of ether oxygens (including phenoxy) is 2. The lowest BCUT2D eigenvalue weighted by atomic mass is 10.1. The maximum Gasteiger partial charge on any atom is 0.272 e. The van der Waals surface area contributed by atoms with Crippen molar-refractivity contribution < 1.29 is 23.9 Å². The molecule has 0 saturated heterocycles. The van der Waals surface area contributed by atoms with Crippen LogP contribution in [0.15, 0.2) is 114 Å². The van der Waals surface area contributed by atoms with Gasteiger partial charge in [0.15, 0.2) is 0 Å². The van der Waals surface area contributed by atoms with E-state index in [2.05, 4.69) is 16.0 Å². The molecule has 0 atom stereocenters. The molecule has 3 amide bonds. The van der Waals surface area contributed by atoms with Gasteiger partial charge in [0.05, 0.1) is 25.2 Å². The Labute approximate surface area is 249 Å². The fourth-order valence-corrected chi connectivity index (χ4v) is 4.56. The van der Waals surface area contributed by atoms with Crippen LogP contribution in [0.4, 0.5) is 11.4 Å². The number of thioether (sulfide) groups is 1. The second kappa shape index (κ2) is 15.1. The number of para-hydroxylation sites is 2. The highest BCUT2D eigenvalue weighted by Gasteiger charge is 2.16. The average Bonchev–Trinajstić information content (AvgIpc) is 3.02. The third kappa shape index (κ3) is 8.74. The zero-order valence-electron chi connectivity index (χ0n) is 23.3. The Morgan fingerprint density at radius 1 is 0.833 bits per heavy atom. The van der Waals surface area contributed by atoms with E-state index in [1.54, 1.807) is 73.8 Å². The third-order valence-electron chi connectivity index (χ3n) is 5.88. The van der Waals surface area contributed by atoms with Gasteiger partial charge in [-0.1, -0.05) is 42.5 Å². The van der Waals surface area contributed by atoms with E-state index < -0.39 is 11.8 Å². The van der Waals surface area contributed by atoms with Gasteiger partial charge in [0.25, 0.3) is 11.8 Å². The van der Waals surface area contributed by atoms with Crippen LogP contribution in [0, 0.1) is 0 Å². The molecule has 0 aliphatic heterocycles. The van der Waals surface area contributed by atoms with E-state index in [1.807, 2.05) is 49.4 Å². The first-order valence-corrected chi connectivity index (χ1v) is 14.2. The van der Waals surface area contributed by atoms with Crippen molar-refractivity contribution in [2.75, 3.05) is 30.1 Å². The highest BCUT2D eigenvalue weighted by molar-refractivity contribution is 8.00. The van der Waals surface area contributed by atoms with Gasteiger partial charge in [-0.3, -0.25) is 14.4 Å². The molecule has 0 unspecified atom stereocenters. The molecule has 42 heavy (non-hydrogen) atoms. The summed E-state index contributed by atoms with van der Waals surface area (Å²) in [6, 6.07) is 30.2. The molecule has 0 aliphatic rings.